The van der Waals surface area contributed by atoms with Crippen LogP contribution in [0.3, 0.4) is 0 Å². The Morgan fingerprint density at radius 2 is 2.00 bits per heavy atom. The number of benzene rings is 1. The maximum atomic E-state index is 10.7. The van der Waals surface area contributed by atoms with Gasteiger partial charge in [0.1, 0.15) is 0 Å². The molecule has 0 saturated carbocycles. The highest BCUT2D eigenvalue weighted by Crippen LogP contribution is 2.25. The molecular formula is C13H20N2OS. The lowest BCUT2D eigenvalue weighted by atomic mass is 10.00. The van der Waals surface area contributed by atoms with Crippen molar-refractivity contribution in [1.82, 2.24) is 4.72 Å². The minimum Gasteiger partial charge on any atom is -0.351 e. The van der Waals surface area contributed by atoms with Crippen molar-refractivity contribution in [3.63, 3.8) is 0 Å². The molecule has 0 aliphatic heterocycles. The molecule has 0 bridgehead atoms. The third kappa shape index (κ3) is 4.30. The zero-order valence-corrected chi connectivity index (χ0v) is 11.3. The molecule has 0 saturated heterocycles. The predicted molar refractivity (Wildman–Crippen MR) is 73.0 cm³/mol. The number of rotatable bonds is 6. The Morgan fingerprint density at radius 3 is 2.59 bits per heavy atom. The zero-order valence-electron chi connectivity index (χ0n) is 10.5. The molecule has 1 rings (SSSR count). The molecule has 17 heavy (non-hydrogen) atoms. The minimum absolute atomic E-state index is 0.502. The Bertz CT molecular complexity index is 380. The van der Waals surface area contributed by atoms with Gasteiger partial charge < -0.3 is 5.73 Å². The van der Waals surface area contributed by atoms with E-state index in [1.165, 1.54) is 23.1 Å². The molecule has 0 fully saturated rings. The van der Waals surface area contributed by atoms with Crippen molar-refractivity contribution >= 4 is 18.0 Å². The average molecular weight is 252 g/mol. The molecule has 0 radical (unpaired) electrons. The second kappa shape index (κ2) is 7.22. The molecule has 3 N–H and O–H groups in total. The second-order valence-corrected chi connectivity index (χ2v) is 4.81. The van der Waals surface area contributed by atoms with Crippen molar-refractivity contribution in [2.75, 3.05) is 0 Å². The maximum absolute atomic E-state index is 10.7. The van der Waals surface area contributed by atoms with Gasteiger partial charge in [-0.15, -0.1) is 0 Å². The summed E-state index contributed by atoms with van der Waals surface area (Å²) in [5.74, 6) is 0. The van der Waals surface area contributed by atoms with E-state index in [9.17, 15) is 4.79 Å². The first-order chi connectivity index (χ1) is 8.19. The standard InChI is InChI=1S/C13H20N2OS/c1-3-6-10-8-5-9-12(11(10)7-4-2)17-15-13(14)16/h5,8-9H,3-4,6-7H2,1-2H3,(H3,14,15,16). The number of primary amides is 1. The molecule has 2 amide bonds. The van der Waals surface area contributed by atoms with Gasteiger partial charge in [-0.25, -0.2) is 4.79 Å². The first-order valence-electron chi connectivity index (χ1n) is 6.02. The minimum atomic E-state index is -0.502. The first kappa shape index (κ1) is 13.9. The lowest BCUT2D eigenvalue weighted by Crippen LogP contribution is -2.23. The number of carbonyl (C=O) groups is 1. The van der Waals surface area contributed by atoms with Crippen molar-refractivity contribution < 1.29 is 4.79 Å². The summed E-state index contributed by atoms with van der Waals surface area (Å²) in [5.41, 5.74) is 7.81. The normalized spacial score (nSPS) is 10.2. The van der Waals surface area contributed by atoms with Crippen LogP contribution in [0.5, 0.6) is 0 Å². The number of carbonyl (C=O) groups excluding carboxylic acids is 1. The van der Waals surface area contributed by atoms with Crippen LogP contribution in [0.15, 0.2) is 23.1 Å². The molecule has 3 nitrogen and oxygen atoms in total. The summed E-state index contributed by atoms with van der Waals surface area (Å²) in [6.45, 7) is 4.34. The van der Waals surface area contributed by atoms with Gasteiger partial charge in [0.2, 0.25) is 0 Å². The summed E-state index contributed by atoms with van der Waals surface area (Å²) in [6.07, 6.45) is 4.36. The summed E-state index contributed by atoms with van der Waals surface area (Å²) in [5, 5.41) is 0. The molecule has 0 aromatic heterocycles. The van der Waals surface area contributed by atoms with Crippen LogP contribution in [0, 0.1) is 0 Å². The molecular weight excluding hydrogens is 232 g/mol. The highest BCUT2D eigenvalue weighted by Gasteiger charge is 2.08. The highest BCUT2D eigenvalue weighted by molar-refractivity contribution is 7.98. The number of hydrogen-bond acceptors (Lipinski definition) is 2. The number of amides is 2. The number of urea groups is 1. The Kier molecular flexibility index (Phi) is 5.91. The Balaban J connectivity index is 2.92. The summed E-state index contributed by atoms with van der Waals surface area (Å²) >= 11 is 1.31. The van der Waals surface area contributed by atoms with Crippen molar-refractivity contribution in [2.24, 2.45) is 5.73 Å². The summed E-state index contributed by atoms with van der Waals surface area (Å²) in [4.78, 5) is 11.9. The Morgan fingerprint density at radius 1 is 1.29 bits per heavy atom. The fraction of sp³-hybridized carbons (Fsp3) is 0.462. The number of hydrogen-bond donors (Lipinski definition) is 2. The van der Waals surface area contributed by atoms with E-state index in [-0.39, 0.29) is 0 Å². The number of nitrogens with one attached hydrogen (secondary N) is 1. The van der Waals surface area contributed by atoms with Gasteiger partial charge in [0.25, 0.3) is 0 Å². The fourth-order valence-electron chi connectivity index (χ4n) is 1.85. The smallest absolute Gasteiger partial charge is 0.322 e. The Labute approximate surface area is 107 Å². The lowest BCUT2D eigenvalue weighted by Gasteiger charge is -2.13. The van der Waals surface area contributed by atoms with E-state index in [4.69, 9.17) is 5.73 Å². The van der Waals surface area contributed by atoms with Crippen LogP contribution in [0.4, 0.5) is 4.79 Å². The van der Waals surface area contributed by atoms with Crippen LogP contribution in [0.2, 0.25) is 0 Å². The highest BCUT2D eigenvalue weighted by atomic mass is 32.2. The van der Waals surface area contributed by atoms with Gasteiger partial charge in [-0.05, 0) is 42.0 Å². The van der Waals surface area contributed by atoms with E-state index in [2.05, 4.69) is 24.6 Å². The average Bonchev–Trinajstić information content (AvgIpc) is 2.30. The largest absolute Gasteiger partial charge is 0.351 e. The van der Waals surface area contributed by atoms with E-state index in [1.807, 2.05) is 12.1 Å². The van der Waals surface area contributed by atoms with E-state index in [0.717, 1.165) is 30.6 Å². The fourth-order valence-corrected chi connectivity index (χ4v) is 2.56. The van der Waals surface area contributed by atoms with Gasteiger partial charge in [0.05, 0.1) is 0 Å². The molecule has 0 aliphatic carbocycles. The van der Waals surface area contributed by atoms with Crippen molar-refractivity contribution in [2.45, 2.75) is 44.4 Å². The quantitative estimate of drug-likeness (QED) is 0.763. The monoisotopic (exact) mass is 252 g/mol. The first-order valence-corrected chi connectivity index (χ1v) is 6.83. The van der Waals surface area contributed by atoms with E-state index in [1.54, 1.807) is 0 Å². The third-order valence-corrected chi connectivity index (χ3v) is 3.42. The van der Waals surface area contributed by atoms with Crippen LogP contribution in [-0.4, -0.2) is 6.03 Å². The maximum Gasteiger partial charge on any atom is 0.322 e. The van der Waals surface area contributed by atoms with E-state index >= 15 is 0 Å². The molecule has 0 atom stereocenters. The molecule has 0 spiro atoms. The number of nitrogens with two attached hydrogens (primary N) is 1. The molecule has 1 aromatic carbocycles. The SMILES string of the molecule is CCCc1cccc(SNC(N)=O)c1CCC. The molecule has 94 valence electrons. The topological polar surface area (TPSA) is 55.1 Å². The zero-order chi connectivity index (χ0) is 12.7. The lowest BCUT2D eigenvalue weighted by molar-refractivity contribution is 0.254. The molecule has 4 heteroatoms. The van der Waals surface area contributed by atoms with Crippen molar-refractivity contribution in [3.8, 4) is 0 Å². The summed E-state index contributed by atoms with van der Waals surface area (Å²) in [7, 11) is 0. The van der Waals surface area contributed by atoms with E-state index < -0.39 is 6.03 Å². The second-order valence-electron chi connectivity index (χ2n) is 3.96. The van der Waals surface area contributed by atoms with Crippen LogP contribution in [0.25, 0.3) is 0 Å². The van der Waals surface area contributed by atoms with Gasteiger partial charge >= 0.3 is 6.03 Å². The van der Waals surface area contributed by atoms with Gasteiger partial charge in [0.15, 0.2) is 0 Å². The van der Waals surface area contributed by atoms with Gasteiger partial charge in [-0.1, -0.05) is 38.8 Å². The van der Waals surface area contributed by atoms with Crippen LogP contribution in [-0.2, 0) is 12.8 Å². The van der Waals surface area contributed by atoms with Crippen LogP contribution >= 0.6 is 11.9 Å². The van der Waals surface area contributed by atoms with Crippen LogP contribution < -0.4 is 10.5 Å². The number of aryl methyl sites for hydroxylation is 1. The predicted octanol–water partition coefficient (Wildman–Crippen LogP) is 3.27. The van der Waals surface area contributed by atoms with Gasteiger partial charge in [-0.3, -0.25) is 4.72 Å². The molecule has 0 aliphatic rings. The molecule has 1 aromatic rings. The summed E-state index contributed by atoms with van der Waals surface area (Å²) < 4.78 is 2.59. The molecule has 0 unspecified atom stereocenters. The summed E-state index contributed by atoms with van der Waals surface area (Å²) in [6, 6.07) is 5.74. The van der Waals surface area contributed by atoms with Crippen LogP contribution in [0.1, 0.15) is 37.8 Å². The third-order valence-electron chi connectivity index (χ3n) is 2.51. The Hall–Kier alpha value is -1.16. The molecule has 0 heterocycles. The van der Waals surface area contributed by atoms with Gasteiger partial charge in [-0.2, -0.15) is 0 Å². The van der Waals surface area contributed by atoms with Gasteiger partial charge in [0, 0.05) is 4.90 Å². The van der Waals surface area contributed by atoms with E-state index in [0.29, 0.717) is 0 Å². The van der Waals surface area contributed by atoms with Crippen molar-refractivity contribution in [1.29, 1.82) is 0 Å². The van der Waals surface area contributed by atoms with Crippen molar-refractivity contribution in [3.05, 3.63) is 29.3 Å².